The van der Waals surface area contributed by atoms with Crippen LogP contribution in [0.15, 0.2) is 42.5 Å². The van der Waals surface area contributed by atoms with E-state index in [9.17, 15) is 4.39 Å². The van der Waals surface area contributed by atoms with E-state index in [0.29, 0.717) is 15.8 Å². The van der Waals surface area contributed by atoms with Gasteiger partial charge in [-0.05, 0) is 61.0 Å². The van der Waals surface area contributed by atoms with Crippen molar-refractivity contribution in [1.29, 1.82) is 0 Å². The van der Waals surface area contributed by atoms with Crippen molar-refractivity contribution >= 4 is 40.3 Å². The molecule has 0 bridgehead atoms. The molecule has 2 rings (SSSR count). The molecule has 0 amide bonds. The Bertz CT molecular complexity index is 644. The van der Waals surface area contributed by atoms with Crippen molar-refractivity contribution in [2.75, 3.05) is 10.6 Å². The highest BCUT2D eigenvalue weighted by Gasteiger charge is 2.04. The highest BCUT2D eigenvalue weighted by molar-refractivity contribution is 7.80. The summed E-state index contributed by atoms with van der Waals surface area (Å²) in [5, 5.41) is 6.74. The van der Waals surface area contributed by atoms with Crippen LogP contribution < -0.4 is 10.6 Å². The smallest absolute Gasteiger partial charge is 0.175 e. The topological polar surface area (TPSA) is 24.1 Å². The Hall–Kier alpha value is -1.65. The number of hydrogen-bond donors (Lipinski definition) is 2. The van der Waals surface area contributed by atoms with Crippen molar-refractivity contribution in [3.8, 4) is 0 Å². The average Bonchev–Trinajstić information content (AvgIpc) is 2.49. The minimum absolute atomic E-state index is 0.291. The molecule has 0 atom stereocenters. The normalized spacial score (nSPS) is 10.3. The third kappa shape index (κ3) is 4.97. The highest BCUT2D eigenvalue weighted by Crippen LogP contribution is 2.22. The quantitative estimate of drug-likeness (QED) is 0.692. The van der Waals surface area contributed by atoms with Gasteiger partial charge in [0.15, 0.2) is 5.11 Å². The first-order chi connectivity index (χ1) is 10.6. The van der Waals surface area contributed by atoms with E-state index in [1.807, 2.05) is 12.1 Å². The molecule has 0 spiro atoms. The Balaban J connectivity index is 1.94. The SMILES string of the molecule is CCCCc1ccc(NC(=S)Nc2ccc(F)cc2Cl)cc1. The number of anilines is 2. The van der Waals surface area contributed by atoms with Gasteiger partial charge in [0.25, 0.3) is 0 Å². The zero-order valence-corrected chi connectivity index (χ0v) is 13.9. The third-order valence-corrected chi connectivity index (χ3v) is 3.73. The van der Waals surface area contributed by atoms with Gasteiger partial charge in [0, 0.05) is 5.69 Å². The lowest BCUT2D eigenvalue weighted by atomic mass is 10.1. The van der Waals surface area contributed by atoms with Crippen molar-refractivity contribution in [1.82, 2.24) is 0 Å². The second kappa shape index (κ2) is 8.11. The highest BCUT2D eigenvalue weighted by atomic mass is 35.5. The van der Waals surface area contributed by atoms with Crippen molar-refractivity contribution < 1.29 is 4.39 Å². The molecule has 0 saturated carbocycles. The number of rotatable bonds is 5. The van der Waals surface area contributed by atoms with Crippen LogP contribution in [0.4, 0.5) is 15.8 Å². The number of nitrogens with one attached hydrogen (secondary N) is 2. The minimum atomic E-state index is -0.378. The lowest BCUT2D eigenvalue weighted by Gasteiger charge is -2.12. The predicted octanol–water partition coefficient (Wildman–Crippen LogP) is 5.63. The lowest BCUT2D eigenvalue weighted by molar-refractivity contribution is 0.628. The first kappa shape index (κ1) is 16.7. The monoisotopic (exact) mass is 336 g/mol. The van der Waals surface area contributed by atoms with Crippen LogP contribution in [0.1, 0.15) is 25.3 Å². The van der Waals surface area contributed by atoms with Crippen LogP contribution in [0.2, 0.25) is 5.02 Å². The lowest BCUT2D eigenvalue weighted by Crippen LogP contribution is -2.19. The fourth-order valence-electron chi connectivity index (χ4n) is 2.01. The van der Waals surface area contributed by atoms with Gasteiger partial charge < -0.3 is 10.6 Å². The van der Waals surface area contributed by atoms with E-state index in [1.165, 1.54) is 30.5 Å². The van der Waals surface area contributed by atoms with Crippen LogP contribution in [0.5, 0.6) is 0 Å². The third-order valence-electron chi connectivity index (χ3n) is 3.21. The number of unbranched alkanes of at least 4 members (excludes halogenated alkanes) is 1. The Morgan fingerprint density at radius 1 is 1.14 bits per heavy atom. The molecule has 5 heteroatoms. The Morgan fingerprint density at radius 3 is 2.50 bits per heavy atom. The molecule has 22 heavy (non-hydrogen) atoms. The van der Waals surface area contributed by atoms with E-state index in [0.717, 1.165) is 12.1 Å². The van der Waals surface area contributed by atoms with Gasteiger partial charge in [0.05, 0.1) is 10.7 Å². The molecule has 0 aliphatic heterocycles. The largest absolute Gasteiger partial charge is 0.332 e. The summed E-state index contributed by atoms with van der Waals surface area (Å²) in [6.07, 6.45) is 3.47. The Morgan fingerprint density at radius 2 is 1.86 bits per heavy atom. The van der Waals surface area contributed by atoms with Crippen LogP contribution in [0, 0.1) is 5.82 Å². The first-order valence-corrected chi connectivity index (χ1v) is 7.99. The van der Waals surface area contributed by atoms with E-state index >= 15 is 0 Å². The minimum Gasteiger partial charge on any atom is -0.332 e. The van der Waals surface area contributed by atoms with E-state index in [-0.39, 0.29) is 5.82 Å². The Kier molecular flexibility index (Phi) is 6.16. The summed E-state index contributed by atoms with van der Waals surface area (Å²) in [5.74, 6) is -0.378. The summed E-state index contributed by atoms with van der Waals surface area (Å²) in [6.45, 7) is 2.18. The zero-order valence-electron chi connectivity index (χ0n) is 12.3. The van der Waals surface area contributed by atoms with Crippen molar-refractivity contribution in [2.45, 2.75) is 26.2 Å². The molecule has 2 aromatic rings. The van der Waals surface area contributed by atoms with Gasteiger partial charge in [0.1, 0.15) is 5.82 Å². The molecule has 0 radical (unpaired) electrons. The summed E-state index contributed by atoms with van der Waals surface area (Å²) in [7, 11) is 0. The molecule has 2 N–H and O–H groups in total. The summed E-state index contributed by atoms with van der Waals surface area (Å²) in [5.41, 5.74) is 2.78. The van der Waals surface area contributed by atoms with E-state index < -0.39 is 0 Å². The molecule has 0 aromatic heterocycles. The second-order valence-electron chi connectivity index (χ2n) is 5.00. The maximum Gasteiger partial charge on any atom is 0.175 e. The van der Waals surface area contributed by atoms with Crippen LogP contribution in [-0.2, 0) is 6.42 Å². The number of aryl methyl sites for hydroxylation is 1. The molecular weight excluding hydrogens is 319 g/mol. The Labute approximate surface area is 140 Å². The van der Waals surface area contributed by atoms with E-state index in [1.54, 1.807) is 6.07 Å². The fourth-order valence-corrected chi connectivity index (χ4v) is 2.45. The molecule has 0 aliphatic rings. The van der Waals surface area contributed by atoms with Crippen molar-refractivity contribution in [3.63, 3.8) is 0 Å². The summed E-state index contributed by atoms with van der Waals surface area (Å²) < 4.78 is 13.0. The first-order valence-electron chi connectivity index (χ1n) is 7.20. The van der Waals surface area contributed by atoms with Gasteiger partial charge in [-0.25, -0.2) is 4.39 Å². The number of benzene rings is 2. The summed E-state index contributed by atoms with van der Waals surface area (Å²) in [4.78, 5) is 0. The van der Waals surface area contributed by atoms with Crippen molar-refractivity contribution in [2.24, 2.45) is 0 Å². The molecule has 0 saturated heterocycles. The van der Waals surface area contributed by atoms with Gasteiger partial charge in [-0.1, -0.05) is 37.1 Å². The van der Waals surface area contributed by atoms with E-state index in [2.05, 4.69) is 29.7 Å². The van der Waals surface area contributed by atoms with Gasteiger partial charge in [0.2, 0.25) is 0 Å². The average molecular weight is 337 g/mol. The molecule has 0 heterocycles. The zero-order chi connectivity index (χ0) is 15.9. The molecule has 2 aromatic carbocycles. The standard InChI is InChI=1S/C17H18ClFN2S/c1-2-3-4-12-5-8-14(9-6-12)20-17(22)21-16-10-7-13(19)11-15(16)18/h5-11H,2-4H2,1H3,(H2,20,21,22). The molecular formula is C17H18ClFN2S. The maximum absolute atomic E-state index is 13.0. The van der Waals surface area contributed by atoms with Crippen LogP contribution in [-0.4, -0.2) is 5.11 Å². The number of thiocarbonyl (C=S) groups is 1. The predicted molar refractivity (Wildman–Crippen MR) is 96.3 cm³/mol. The number of hydrogen-bond acceptors (Lipinski definition) is 1. The van der Waals surface area contributed by atoms with Crippen LogP contribution in [0.3, 0.4) is 0 Å². The van der Waals surface area contributed by atoms with Crippen LogP contribution >= 0.6 is 23.8 Å². The molecule has 0 aliphatic carbocycles. The van der Waals surface area contributed by atoms with Gasteiger partial charge in [-0.15, -0.1) is 0 Å². The second-order valence-corrected chi connectivity index (χ2v) is 5.82. The molecule has 0 unspecified atom stereocenters. The van der Waals surface area contributed by atoms with Gasteiger partial charge in [-0.2, -0.15) is 0 Å². The number of halogens is 2. The summed E-state index contributed by atoms with van der Waals surface area (Å²) in [6, 6.07) is 12.3. The van der Waals surface area contributed by atoms with Crippen LogP contribution in [0.25, 0.3) is 0 Å². The summed E-state index contributed by atoms with van der Waals surface area (Å²) >= 11 is 11.2. The van der Waals surface area contributed by atoms with Crippen molar-refractivity contribution in [3.05, 3.63) is 58.9 Å². The molecule has 2 nitrogen and oxygen atoms in total. The molecule has 0 fully saturated rings. The van der Waals surface area contributed by atoms with Gasteiger partial charge >= 0.3 is 0 Å². The fraction of sp³-hybridized carbons (Fsp3) is 0.235. The maximum atomic E-state index is 13.0. The van der Waals surface area contributed by atoms with E-state index in [4.69, 9.17) is 23.8 Å². The van der Waals surface area contributed by atoms with Gasteiger partial charge in [-0.3, -0.25) is 0 Å². The molecule has 116 valence electrons.